The third kappa shape index (κ3) is 1.49. The Bertz CT molecular complexity index is 386. The summed E-state index contributed by atoms with van der Waals surface area (Å²) in [5.41, 5.74) is -0.699. The molecule has 1 aromatic rings. The summed E-state index contributed by atoms with van der Waals surface area (Å²) in [6, 6.07) is 2.40. The highest BCUT2D eigenvalue weighted by molar-refractivity contribution is 5.41. The summed E-state index contributed by atoms with van der Waals surface area (Å²) in [6.07, 6.45) is 2.02. The molecule has 1 aromatic carbocycles. The fraction of sp³-hybridized carbons (Fsp3) is 0.455. The zero-order chi connectivity index (χ0) is 11.1. The van der Waals surface area contributed by atoms with E-state index in [2.05, 4.69) is 0 Å². The smallest absolute Gasteiger partial charge is 0.200 e. The lowest BCUT2D eigenvalue weighted by molar-refractivity contribution is -0.0409. The van der Waals surface area contributed by atoms with Gasteiger partial charge in [-0.25, -0.2) is 4.39 Å². The fourth-order valence-electron chi connectivity index (χ4n) is 1.88. The highest BCUT2D eigenvalue weighted by Crippen LogP contribution is 2.45. The summed E-state index contributed by atoms with van der Waals surface area (Å²) >= 11 is 0. The normalized spacial score (nSPS) is 18.4. The van der Waals surface area contributed by atoms with Crippen LogP contribution in [0, 0.1) is 11.6 Å². The van der Waals surface area contributed by atoms with Gasteiger partial charge < -0.3 is 9.84 Å². The number of hydrogen-bond donors (Lipinski definition) is 1. The van der Waals surface area contributed by atoms with Crippen molar-refractivity contribution in [2.75, 3.05) is 7.11 Å². The second kappa shape index (κ2) is 3.45. The Morgan fingerprint density at radius 2 is 2.00 bits per heavy atom. The number of ether oxygens (including phenoxy) is 1. The molecule has 1 saturated carbocycles. The molecule has 1 aliphatic rings. The van der Waals surface area contributed by atoms with Crippen LogP contribution in [0.3, 0.4) is 0 Å². The highest BCUT2D eigenvalue weighted by atomic mass is 19.2. The third-order valence-electron chi connectivity index (χ3n) is 2.94. The fourth-order valence-corrected chi connectivity index (χ4v) is 1.88. The molecule has 0 amide bonds. The molecule has 2 rings (SSSR count). The van der Waals surface area contributed by atoms with Gasteiger partial charge in [0.15, 0.2) is 11.6 Å². The molecular formula is C11H12F2O2. The van der Waals surface area contributed by atoms with Gasteiger partial charge in [0.1, 0.15) is 0 Å². The molecule has 0 atom stereocenters. The summed E-state index contributed by atoms with van der Waals surface area (Å²) in [7, 11) is 1.27. The molecule has 0 heterocycles. The molecule has 15 heavy (non-hydrogen) atoms. The molecule has 0 bridgehead atoms. The van der Waals surface area contributed by atoms with Gasteiger partial charge in [-0.15, -0.1) is 0 Å². The van der Waals surface area contributed by atoms with Gasteiger partial charge in [0.05, 0.1) is 12.7 Å². The zero-order valence-corrected chi connectivity index (χ0v) is 8.39. The van der Waals surface area contributed by atoms with Crippen molar-refractivity contribution >= 4 is 0 Å². The second-order valence-electron chi connectivity index (χ2n) is 3.83. The number of aliphatic hydroxyl groups is 1. The molecule has 2 nitrogen and oxygen atoms in total. The molecule has 1 N–H and O–H groups in total. The Hall–Kier alpha value is -1.16. The van der Waals surface area contributed by atoms with Gasteiger partial charge in [0, 0.05) is 5.56 Å². The number of methoxy groups -OCH3 is 1. The van der Waals surface area contributed by atoms with Gasteiger partial charge >= 0.3 is 0 Å². The minimum absolute atomic E-state index is 0.183. The van der Waals surface area contributed by atoms with E-state index >= 15 is 0 Å². The van der Waals surface area contributed by atoms with Gasteiger partial charge in [-0.2, -0.15) is 4.39 Å². The van der Waals surface area contributed by atoms with Crippen LogP contribution in [0.25, 0.3) is 0 Å². The molecule has 0 aliphatic heterocycles. The maximum atomic E-state index is 13.3. The Labute approximate surface area is 86.5 Å². The molecule has 1 aliphatic carbocycles. The van der Waals surface area contributed by atoms with E-state index in [1.54, 1.807) is 0 Å². The minimum Gasteiger partial charge on any atom is -0.493 e. The largest absolute Gasteiger partial charge is 0.493 e. The van der Waals surface area contributed by atoms with Crippen LogP contribution in [-0.2, 0) is 5.60 Å². The van der Waals surface area contributed by atoms with Crippen molar-refractivity contribution in [3.63, 3.8) is 0 Å². The van der Waals surface area contributed by atoms with Gasteiger partial charge in [-0.1, -0.05) is 0 Å². The van der Waals surface area contributed by atoms with E-state index in [4.69, 9.17) is 4.74 Å². The molecule has 0 unspecified atom stereocenters. The topological polar surface area (TPSA) is 29.5 Å². The van der Waals surface area contributed by atoms with Gasteiger partial charge in [0.2, 0.25) is 5.82 Å². The van der Waals surface area contributed by atoms with Crippen molar-refractivity contribution in [3.8, 4) is 5.75 Å². The summed E-state index contributed by atoms with van der Waals surface area (Å²) in [5.74, 6) is -2.17. The maximum absolute atomic E-state index is 13.3. The van der Waals surface area contributed by atoms with E-state index < -0.39 is 17.2 Å². The first kappa shape index (κ1) is 10.4. The molecule has 0 spiro atoms. The first-order valence-electron chi connectivity index (χ1n) is 4.83. The third-order valence-corrected chi connectivity index (χ3v) is 2.94. The number of rotatable bonds is 2. The monoisotopic (exact) mass is 214 g/mol. The number of hydrogen-bond acceptors (Lipinski definition) is 2. The lowest BCUT2D eigenvalue weighted by atomic mass is 9.75. The molecule has 0 saturated heterocycles. The van der Waals surface area contributed by atoms with E-state index in [-0.39, 0.29) is 5.75 Å². The summed E-state index contributed by atoms with van der Waals surface area (Å²) in [5, 5.41) is 10.0. The van der Waals surface area contributed by atoms with Gasteiger partial charge in [0.25, 0.3) is 0 Å². The predicted octanol–water partition coefficient (Wildman–Crippen LogP) is 2.34. The van der Waals surface area contributed by atoms with Crippen LogP contribution in [0.15, 0.2) is 12.1 Å². The van der Waals surface area contributed by atoms with Crippen molar-refractivity contribution in [3.05, 3.63) is 29.3 Å². The first-order valence-corrected chi connectivity index (χ1v) is 4.83. The Balaban J connectivity index is 2.52. The molecule has 82 valence electrons. The summed E-state index contributed by atoms with van der Waals surface area (Å²) in [4.78, 5) is 0. The molecule has 4 heteroatoms. The van der Waals surface area contributed by atoms with Crippen LogP contribution in [0.5, 0.6) is 5.75 Å². The molecule has 0 radical (unpaired) electrons. The standard InChI is InChI=1S/C11H12F2O2/c1-15-10-7(11(14)5-2-6-11)3-4-8(12)9(10)13/h3-4,14H,2,5-6H2,1H3. The highest BCUT2D eigenvalue weighted by Gasteiger charge is 2.39. The summed E-state index contributed by atoms with van der Waals surface area (Å²) < 4.78 is 31.1. The molecular weight excluding hydrogens is 202 g/mol. The lowest BCUT2D eigenvalue weighted by Crippen LogP contribution is -2.34. The van der Waals surface area contributed by atoms with E-state index in [0.717, 1.165) is 12.5 Å². The maximum Gasteiger partial charge on any atom is 0.200 e. The van der Waals surface area contributed by atoms with Crippen molar-refractivity contribution < 1.29 is 18.6 Å². The Morgan fingerprint density at radius 3 is 2.47 bits per heavy atom. The first-order chi connectivity index (χ1) is 7.08. The van der Waals surface area contributed by atoms with Crippen LogP contribution < -0.4 is 4.74 Å². The minimum atomic E-state index is -1.04. The van der Waals surface area contributed by atoms with Crippen molar-refractivity contribution in [1.82, 2.24) is 0 Å². The second-order valence-corrected chi connectivity index (χ2v) is 3.83. The van der Waals surface area contributed by atoms with Crippen molar-refractivity contribution in [2.24, 2.45) is 0 Å². The SMILES string of the molecule is COc1c(C2(O)CCC2)ccc(F)c1F. The van der Waals surface area contributed by atoms with E-state index in [9.17, 15) is 13.9 Å². The number of halogens is 2. The van der Waals surface area contributed by atoms with E-state index in [1.165, 1.54) is 13.2 Å². The van der Waals surface area contributed by atoms with Crippen LogP contribution in [0.2, 0.25) is 0 Å². The Morgan fingerprint density at radius 1 is 1.33 bits per heavy atom. The van der Waals surface area contributed by atoms with Gasteiger partial charge in [-0.05, 0) is 31.4 Å². The average molecular weight is 214 g/mol. The predicted molar refractivity (Wildman–Crippen MR) is 50.7 cm³/mol. The Kier molecular flexibility index (Phi) is 2.38. The number of benzene rings is 1. The van der Waals surface area contributed by atoms with Crippen molar-refractivity contribution in [1.29, 1.82) is 0 Å². The van der Waals surface area contributed by atoms with E-state index in [1.807, 2.05) is 0 Å². The molecule has 0 aromatic heterocycles. The lowest BCUT2D eigenvalue weighted by Gasteiger charge is -2.37. The average Bonchev–Trinajstić information content (AvgIpc) is 2.18. The molecule has 1 fully saturated rings. The van der Waals surface area contributed by atoms with Crippen molar-refractivity contribution in [2.45, 2.75) is 24.9 Å². The van der Waals surface area contributed by atoms with Crippen LogP contribution in [0.4, 0.5) is 8.78 Å². The van der Waals surface area contributed by atoms with Gasteiger partial charge in [-0.3, -0.25) is 0 Å². The zero-order valence-electron chi connectivity index (χ0n) is 8.39. The summed E-state index contributed by atoms with van der Waals surface area (Å²) in [6.45, 7) is 0. The van der Waals surface area contributed by atoms with Crippen LogP contribution in [-0.4, -0.2) is 12.2 Å². The quantitative estimate of drug-likeness (QED) is 0.818. The van der Waals surface area contributed by atoms with E-state index in [0.29, 0.717) is 18.4 Å². The van der Waals surface area contributed by atoms with Crippen LogP contribution >= 0.6 is 0 Å². The van der Waals surface area contributed by atoms with Crippen LogP contribution in [0.1, 0.15) is 24.8 Å².